The molecule has 0 amide bonds. The highest BCUT2D eigenvalue weighted by Gasteiger charge is 2.20. The average Bonchev–Trinajstić information content (AvgIpc) is 3.41. The van der Waals surface area contributed by atoms with Gasteiger partial charge in [0.2, 0.25) is 0 Å². The van der Waals surface area contributed by atoms with Gasteiger partial charge in [-0.15, -0.1) is 0 Å². The van der Waals surface area contributed by atoms with E-state index in [9.17, 15) is 4.79 Å². The maximum atomic E-state index is 13.1. The Balaban J connectivity index is 1.96. The smallest absolute Gasteiger partial charge is 0.333 e. The molecule has 29 heavy (non-hydrogen) atoms. The van der Waals surface area contributed by atoms with E-state index >= 15 is 0 Å². The molecule has 0 fully saturated rings. The number of benzene rings is 1. The number of pyridine rings is 1. The van der Waals surface area contributed by atoms with Crippen molar-refractivity contribution in [1.82, 2.24) is 34.1 Å². The van der Waals surface area contributed by atoms with Crippen LogP contribution in [0.3, 0.4) is 0 Å². The van der Waals surface area contributed by atoms with Gasteiger partial charge in [0.1, 0.15) is 5.75 Å². The molecule has 9 nitrogen and oxygen atoms in total. The van der Waals surface area contributed by atoms with Gasteiger partial charge in [-0.3, -0.25) is 23.9 Å². The number of nitrogens with zero attached hydrogens (tertiary/aromatic N) is 6. The van der Waals surface area contributed by atoms with Gasteiger partial charge in [-0.25, -0.2) is 4.79 Å². The van der Waals surface area contributed by atoms with Crippen molar-refractivity contribution >= 4 is 21.9 Å². The highest BCUT2D eigenvalue weighted by Crippen LogP contribution is 2.35. The van der Waals surface area contributed by atoms with Crippen molar-refractivity contribution in [1.29, 1.82) is 0 Å². The molecule has 4 heterocycles. The van der Waals surface area contributed by atoms with E-state index in [1.165, 1.54) is 0 Å². The SMILES string of the molecule is COc1cc2ncc3c(c2cc1-c1cc[nH]n1)n(-c1cn(C)nc1C)c(=O)n3C. The zero-order chi connectivity index (χ0) is 20.3. The highest BCUT2D eigenvalue weighted by molar-refractivity contribution is 6.05. The Morgan fingerprint density at radius 2 is 2.03 bits per heavy atom. The molecule has 0 aliphatic rings. The van der Waals surface area contributed by atoms with Crippen LogP contribution in [0.2, 0.25) is 0 Å². The van der Waals surface area contributed by atoms with Crippen LogP contribution in [0.5, 0.6) is 5.75 Å². The molecular weight excluding hydrogens is 370 g/mol. The molecule has 0 unspecified atom stereocenters. The van der Waals surface area contributed by atoms with Crippen molar-refractivity contribution in [2.45, 2.75) is 6.92 Å². The Hall–Kier alpha value is -3.88. The zero-order valence-corrected chi connectivity index (χ0v) is 16.5. The van der Waals surface area contributed by atoms with Crippen molar-refractivity contribution in [3.05, 3.63) is 53.0 Å². The quantitative estimate of drug-likeness (QED) is 0.511. The molecule has 0 saturated heterocycles. The van der Waals surface area contributed by atoms with E-state index < -0.39 is 0 Å². The first-order chi connectivity index (χ1) is 14.0. The molecular formula is C20H19N7O2. The third-order valence-electron chi connectivity index (χ3n) is 5.21. The van der Waals surface area contributed by atoms with Crippen molar-refractivity contribution in [3.8, 4) is 22.7 Å². The van der Waals surface area contributed by atoms with E-state index in [2.05, 4.69) is 20.3 Å². The zero-order valence-electron chi connectivity index (χ0n) is 16.5. The molecule has 0 bridgehead atoms. The normalized spacial score (nSPS) is 11.6. The monoisotopic (exact) mass is 389 g/mol. The lowest BCUT2D eigenvalue weighted by Crippen LogP contribution is -2.21. The van der Waals surface area contributed by atoms with E-state index in [1.54, 1.807) is 40.4 Å². The van der Waals surface area contributed by atoms with Crippen LogP contribution in [0, 0.1) is 6.92 Å². The summed E-state index contributed by atoms with van der Waals surface area (Å²) in [4.78, 5) is 17.7. The van der Waals surface area contributed by atoms with Crippen LogP contribution in [0.15, 0.2) is 41.6 Å². The minimum atomic E-state index is -0.150. The Kier molecular flexibility index (Phi) is 3.60. The molecule has 0 aliphatic carbocycles. The maximum absolute atomic E-state index is 13.1. The fourth-order valence-electron chi connectivity index (χ4n) is 3.83. The average molecular weight is 389 g/mol. The molecule has 5 aromatic rings. The van der Waals surface area contributed by atoms with Gasteiger partial charge in [0.05, 0.1) is 46.9 Å². The summed E-state index contributed by atoms with van der Waals surface area (Å²) in [5.41, 5.74) is 5.18. The second-order valence-electron chi connectivity index (χ2n) is 6.97. The first kappa shape index (κ1) is 17.2. The summed E-state index contributed by atoms with van der Waals surface area (Å²) in [6.07, 6.45) is 5.32. The standard InChI is InChI=1S/C20H19N7O2/c1-11-17(10-25(2)24-11)27-19-13-7-12(14-5-6-22-23-14)18(29-4)8-15(13)21-9-16(19)26(3)20(27)28/h5-10H,1-4H3,(H,22,23). The lowest BCUT2D eigenvalue weighted by atomic mass is 10.1. The lowest BCUT2D eigenvalue weighted by molar-refractivity contribution is 0.417. The Bertz CT molecular complexity index is 1440. The summed E-state index contributed by atoms with van der Waals surface area (Å²) >= 11 is 0. The first-order valence-corrected chi connectivity index (χ1v) is 9.08. The number of aromatic nitrogens is 7. The van der Waals surface area contributed by atoms with E-state index in [0.717, 1.165) is 44.6 Å². The van der Waals surface area contributed by atoms with Gasteiger partial charge in [-0.2, -0.15) is 10.2 Å². The third kappa shape index (κ3) is 2.40. The van der Waals surface area contributed by atoms with Crippen molar-refractivity contribution in [2.75, 3.05) is 7.11 Å². The summed E-state index contributed by atoms with van der Waals surface area (Å²) in [6.45, 7) is 1.89. The number of hydrogen-bond acceptors (Lipinski definition) is 5. The van der Waals surface area contributed by atoms with Crippen LogP contribution in [-0.2, 0) is 14.1 Å². The number of fused-ring (bicyclic) bond motifs is 3. The maximum Gasteiger partial charge on any atom is 0.333 e. The second kappa shape index (κ2) is 6.06. The molecule has 4 aromatic heterocycles. The fourth-order valence-corrected chi connectivity index (χ4v) is 3.83. The van der Waals surface area contributed by atoms with Crippen LogP contribution in [0.1, 0.15) is 5.69 Å². The van der Waals surface area contributed by atoms with Crippen LogP contribution in [0.4, 0.5) is 0 Å². The van der Waals surface area contributed by atoms with Crippen LogP contribution in [0.25, 0.3) is 38.9 Å². The molecule has 0 atom stereocenters. The number of aromatic amines is 1. The van der Waals surface area contributed by atoms with Crippen LogP contribution < -0.4 is 10.4 Å². The van der Waals surface area contributed by atoms with Gasteiger partial charge < -0.3 is 4.74 Å². The topological polar surface area (TPSA) is 95.6 Å². The predicted molar refractivity (Wildman–Crippen MR) is 109 cm³/mol. The molecule has 0 saturated carbocycles. The van der Waals surface area contributed by atoms with Crippen molar-refractivity contribution in [2.24, 2.45) is 14.1 Å². The fraction of sp³-hybridized carbons (Fsp3) is 0.200. The number of methoxy groups -OCH3 is 1. The lowest BCUT2D eigenvalue weighted by Gasteiger charge is -2.10. The number of hydrogen-bond donors (Lipinski definition) is 1. The second-order valence-corrected chi connectivity index (χ2v) is 6.97. The summed E-state index contributed by atoms with van der Waals surface area (Å²) < 4.78 is 10.6. The minimum Gasteiger partial charge on any atom is -0.496 e. The Morgan fingerprint density at radius 3 is 2.69 bits per heavy atom. The van der Waals surface area contributed by atoms with Crippen molar-refractivity contribution < 1.29 is 4.74 Å². The number of imidazole rings is 1. The van der Waals surface area contributed by atoms with Gasteiger partial charge in [0.15, 0.2) is 0 Å². The number of ether oxygens (including phenoxy) is 1. The molecule has 0 spiro atoms. The third-order valence-corrected chi connectivity index (χ3v) is 5.21. The van der Waals surface area contributed by atoms with E-state index in [-0.39, 0.29) is 5.69 Å². The van der Waals surface area contributed by atoms with Gasteiger partial charge in [-0.05, 0) is 19.1 Å². The first-order valence-electron chi connectivity index (χ1n) is 9.08. The molecule has 0 radical (unpaired) electrons. The summed E-state index contributed by atoms with van der Waals surface area (Å²) in [5, 5.41) is 12.4. The van der Waals surface area contributed by atoms with E-state index in [0.29, 0.717) is 5.75 Å². The number of aryl methyl sites for hydroxylation is 3. The Labute approximate surface area is 165 Å². The largest absolute Gasteiger partial charge is 0.496 e. The molecule has 0 aliphatic heterocycles. The van der Waals surface area contributed by atoms with Gasteiger partial charge in [0.25, 0.3) is 0 Å². The number of nitrogens with one attached hydrogen (secondary N) is 1. The van der Waals surface area contributed by atoms with Gasteiger partial charge >= 0.3 is 5.69 Å². The molecule has 146 valence electrons. The van der Waals surface area contributed by atoms with E-state index in [1.807, 2.05) is 38.4 Å². The van der Waals surface area contributed by atoms with Gasteiger partial charge in [-0.1, -0.05) is 0 Å². The van der Waals surface area contributed by atoms with E-state index in [4.69, 9.17) is 4.74 Å². The van der Waals surface area contributed by atoms with Crippen LogP contribution in [-0.4, -0.2) is 41.2 Å². The molecule has 9 heteroatoms. The molecule has 5 rings (SSSR count). The summed E-state index contributed by atoms with van der Waals surface area (Å²) in [6, 6.07) is 5.72. The van der Waals surface area contributed by atoms with Gasteiger partial charge in [0, 0.05) is 43.5 Å². The number of H-pyrrole nitrogens is 1. The number of rotatable bonds is 3. The highest BCUT2D eigenvalue weighted by atomic mass is 16.5. The summed E-state index contributed by atoms with van der Waals surface area (Å²) in [5.74, 6) is 0.666. The Morgan fingerprint density at radius 1 is 1.21 bits per heavy atom. The summed E-state index contributed by atoms with van der Waals surface area (Å²) in [7, 11) is 5.21. The van der Waals surface area contributed by atoms with Crippen LogP contribution >= 0.6 is 0 Å². The van der Waals surface area contributed by atoms with Crippen molar-refractivity contribution in [3.63, 3.8) is 0 Å². The predicted octanol–water partition coefficient (Wildman–Crippen LogP) is 2.32. The molecule has 1 aromatic carbocycles. The molecule has 1 N–H and O–H groups in total. The minimum absolute atomic E-state index is 0.150.